The highest BCUT2D eigenvalue weighted by molar-refractivity contribution is 5.66. The lowest BCUT2D eigenvalue weighted by molar-refractivity contribution is -0.137. The van der Waals surface area contributed by atoms with Crippen molar-refractivity contribution in [3.63, 3.8) is 0 Å². The van der Waals surface area contributed by atoms with Gasteiger partial charge in [0.15, 0.2) is 0 Å². The van der Waals surface area contributed by atoms with Crippen LogP contribution in [0.4, 0.5) is 5.69 Å². The minimum atomic E-state index is -0.746. The second-order valence-corrected chi connectivity index (χ2v) is 6.27. The molecule has 1 aromatic carbocycles. The molecule has 2 rings (SSSR count). The Morgan fingerprint density at radius 2 is 1.96 bits per heavy atom. The lowest BCUT2D eigenvalue weighted by Crippen LogP contribution is -2.13. The van der Waals surface area contributed by atoms with Crippen molar-refractivity contribution in [1.82, 2.24) is 4.98 Å². The van der Waals surface area contributed by atoms with E-state index in [1.165, 1.54) is 0 Å². The van der Waals surface area contributed by atoms with Gasteiger partial charge in [-0.2, -0.15) is 0 Å². The Morgan fingerprint density at radius 1 is 1.15 bits per heavy atom. The molecule has 0 spiro atoms. The molecule has 0 amide bonds. The summed E-state index contributed by atoms with van der Waals surface area (Å²) in [5, 5.41) is 12.1. The van der Waals surface area contributed by atoms with Crippen molar-refractivity contribution < 1.29 is 14.6 Å². The fourth-order valence-electron chi connectivity index (χ4n) is 2.69. The summed E-state index contributed by atoms with van der Waals surface area (Å²) in [7, 11) is 0. The number of rotatable bonds is 12. The molecule has 0 unspecified atom stereocenters. The molecule has 0 radical (unpaired) electrons. The number of aliphatic carboxylic acids is 1. The zero-order valence-corrected chi connectivity index (χ0v) is 15.4. The number of nitrogens with zero attached hydrogens (tertiary/aromatic N) is 1. The number of aromatic nitrogens is 1. The fourth-order valence-corrected chi connectivity index (χ4v) is 2.69. The lowest BCUT2D eigenvalue weighted by atomic mass is 10.1. The van der Waals surface area contributed by atoms with Crippen LogP contribution in [0.15, 0.2) is 42.6 Å². The van der Waals surface area contributed by atoms with Gasteiger partial charge in [-0.15, -0.1) is 0 Å². The average molecular weight is 356 g/mol. The first-order valence-corrected chi connectivity index (χ1v) is 9.30. The Hall–Kier alpha value is -2.56. The zero-order chi connectivity index (χ0) is 18.6. The van der Waals surface area contributed by atoms with Crippen LogP contribution in [0.25, 0.3) is 0 Å². The topological polar surface area (TPSA) is 71.5 Å². The summed E-state index contributed by atoms with van der Waals surface area (Å²) in [5.41, 5.74) is 3.33. The van der Waals surface area contributed by atoms with Crippen LogP contribution in [0, 0.1) is 0 Å². The number of pyridine rings is 1. The highest BCUT2D eigenvalue weighted by atomic mass is 16.5. The predicted molar refractivity (Wildman–Crippen MR) is 104 cm³/mol. The van der Waals surface area contributed by atoms with E-state index in [1.807, 2.05) is 36.5 Å². The van der Waals surface area contributed by atoms with Crippen molar-refractivity contribution in [2.24, 2.45) is 0 Å². The number of unbranched alkanes of at least 4 members (excludes halogenated alkanes) is 1. The Kier molecular flexibility index (Phi) is 8.46. The van der Waals surface area contributed by atoms with Gasteiger partial charge in [0.05, 0.1) is 11.4 Å². The second-order valence-electron chi connectivity index (χ2n) is 6.27. The number of carboxylic acids is 1. The smallest absolute Gasteiger partial charge is 0.303 e. The standard InChI is InChI=1S/C21H28N2O3/c1-2-3-7-19-20(8-5-14-22-19)23-15-16-26-18-12-10-17(11-13-18)6-4-9-21(24)25/h5,8,10-14,23H,2-4,6-7,9,15-16H2,1H3,(H,24,25). The second kappa shape index (κ2) is 11.1. The molecule has 0 aliphatic heterocycles. The van der Waals surface area contributed by atoms with Crippen LogP contribution in [0.1, 0.15) is 43.9 Å². The number of carboxylic acid groups (broad SMARTS) is 1. The summed E-state index contributed by atoms with van der Waals surface area (Å²) in [6.07, 6.45) is 6.76. The normalized spacial score (nSPS) is 10.5. The van der Waals surface area contributed by atoms with E-state index in [-0.39, 0.29) is 6.42 Å². The van der Waals surface area contributed by atoms with E-state index in [4.69, 9.17) is 9.84 Å². The average Bonchev–Trinajstić information content (AvgIpc) is 2.65. The summed E-state index contributed by atoms with van der Waals surface area (Å²) < 4.78 is 5.77. The number of anilines is 1. The maximum atomic E-state index is 10.5. The predicted octanol–water partition coefficient (Wildman–Crippen LogP) is 4.32. The summed E-state index contributed by atoms with van der Waals surface area (Å²) in [5.74, 6) is 0.0788. The molecular weight excluding hydrogens is 328 g/mol. The molecule has 0 atom stereocenters. The van der Waals surface area contributed by atoms with Gasteiger partial charge in [0.25, 0.3) is 0 Å². The van der Waals surface area contributed by atoms with Crippen molar-refractivity contribution >= 4 is 11.7 Å². The van der Waals surface area contributed by atoms with Crippen LogP contribution < -0.4 is 10.1 Å². The molecule has 140 valence electrons. The number of hydrogen-bond acceptors (Lipinski definition) is 4. The summed E-state index contributed by atoms with van der Waals surface area (Å²) in [4.78, 5) is 15.0. The number of hydrogen-bond donors (Lipinski definition) is 2. The van der Waals surface area contributed by atoms with E-state index in [2.05, 4.69) is 23.3 Å². The van der Waals surface area contributed by atoms with Crippen LogP contribution in [0.2, 0.25) is 0 Å². The van der Waals surface area contributed by atoms with Gasteiger partial charge in [-0.1, -0.05) is 25.5 Å². The third kappa shape index (κ3) is 7.13. The first-order chi connectivity index (χ1) is 12.7. The lowest BCUT2D eigenvalue weighted by Gasteiger charge is -2.12. The number of ether oxygens (including phenoxy) is 1. The monoisotopic (exact) mass is 356 g/mol. The van der Waals surface area contributed by atoms with Gasteiger partial charge in [0.2, 0.25) is 0 Å². The van der Waals surface area contributed by atoms with Crippen LogP contribution in [0.3, 0.4) is 0 Å². The van der Waals surface area contributed by atoms with Crippen molar-refractivity contribution in [1.29, 1.82) is 0 Å². The third-order valence-electron chi connectivity index (χ3n) is 4.12. The molecule has 0 aliphatic carbocycles. The molecule has 2 N–H and O–H groups in total. The zero-order valence-electron chi connectivity index (χ0n) is 15.4. The highest BCUT2D eigenvalue weighted by Crippen LogP contribution is 2.16. The van der Waals surface area contributed by atoms with Gasteiger partial charge in [-0.3, -0.25) is 9.78 Å². The van der Waals surface area contributed by atoms with Crippen LogP contribution in [0.5, 0.6) is 5.75 Å². The van der Waals surface area contributed by atoms with E-state index in [0.29, 0.717) is 19.6 Å². The molecule has 0 saturated carbocycles. The number of benzene rings is 1. The largest absolute Gasteiger partial charge is 0.492 e. The molecule has 0 bridgehead atoms. The number of nitrogens with one attached hydrogen (secondary N) is 1. The van der Waals surface area contributed by atoms with Gasteiger partial charge < -0.3 is 15.2 Å². The Morgan fingerprint density at radius 3 is 2.69 bits per heavy atom. The Balaban J connectivity index is 1.72. The van der Waals surface area contributed by atoms with E-state index in [9.17, 15) is 4.79 Å². The highest BCUT2D eigenvalue weighted by Gasteiger charge is 2.03. The van der Waals surface area contributed by atoms with E-state index < -0.39 is 5.97 Å². The molecule has 1 aromatic heterocycles. The van der Waals surface area contributed by atoms with E-state index >= 15 is 0 Å². The third-order valence-corrected chi connectivity index (χ3v) is 4.12. The van der Waals surface area contributed by atoms with Crippen LogP contribution in [-0.2, 0) is 17.6 Å². The summed E-state index contributed by atoms with van der Waals surface area (Å²) in [6.45, 7) is 3.47. The SMILES string of the molecule is CCCCc1ncccc1NCCOc1ccc(CCCC(=O)O)cc1. The quantitative estimate of drug-likeness (QED) is 0.554. The van der Waals surface area contributed by atoms with Crippen molar-refractivity contribution in [3.05, 3.63) is 53.9 Å². The summed E-state index contributed by atoms with van der Waals surface area (Å²) in [6, 6.07) is 11.9. The Labute approximate surface area is 155 Å². The molecule has 2 aromatic rings. The minimum Gasteiger partial charge on any atom is -0.492 e. The van der Waals surface area contributed by atoms with Crippen LogP contribution in [-0.4, -0.2) is 29.2 Å². The maximum absolute atomic E-state index is 10.5. The summed E-state index contributed by atoms with van der Waals surface area (Å²) >= 11 is 0. The van der Waals surface area contributed by atoms with E-state index in [0.717, 1.165) is 48.4 Å². The molecule has 26 heavy (non-hydrogen) atoms. The molecule has 0 fully saturated rings. The van der Waals surface area contributed by atoms with Gasteiger partial charge in [0, 0.05) is 19.2 Å². The molecule has 1 heterocycles. The molecule has 5 heteroatoms. The van der Waals surface area contributed by atoms with Gasteiger partial charge in [-0.25, -0.2) is 0 Å². The molecule has 5 nitrogen and oxygen atoms in total. The molecular formula is C21H28N2O3. The van der Waals surface area contributed by atoms with Gasteiger partial charge in [0.1, 0.15) is 12.4 Å². The number of aryl methyl sites for hydroxylation is 2. The Bertz CT molecular complexity index is 671. The minimum absolute atomic E-state index is 0.207. The van der Waals surface area contributed by atoms with Crippen LogP contribution >= 0.6 is 0 Å². The maximum Gasteiger partial charge on any atom is 0.303 e. The van der Waals surface area contributed by atoms with E-state index in [1.54, 1.807) is 0 Å². The first kappa shape index (κ1) is 19.8. The number of carbonyl (C=O) groups is 1. The first-order valence-electron chi connectivity index (χ1n) is 9.30. The van der Waals surface area contributed by atoms with Crippen molar-refractivity contribution in [3.8, 4) is 5.75 Å². The fraction of sp³-hybridized carbons (Fsp3) is 0.429. The van der Waals surface area contributed by atoms with Gasteiger partial charge >= 0.3 is 5.97 Å². The van der Waals surface area contributed by atoms with Crippen molar-refractivity contribution in [2.75, 3.05) is 18.5 Å². The van der Waals surface area contributed by atoms with Crippen molar-refractivity contribution in [2.45, 2.75) is 45.4 Å². The molecule has 0 aliphatic rings. The molecule has 0 saturated heterocycles. The van der Waals surface area contributed by atoms with Gasteiger partial charge in [-0.05, 0) is 55.5 Å².